The Hall–Kier alpha value is -6.66. The fourth-order valence-corrected chi connectivity index (χ4v) is 7.75. The Labute approximate surface area is 381 Å². The molecule has 5 rings (SSSR count). The standard InChI is InChI=1S/C53H58O12/c1-4-13-37-16-18-44-35-38(17-19-43(44)34-37)14-7-8-15-45-36-46(64-52(58)41-24-20-39(21-25-41)50(56)62-32-11-9-30-60-48(54)5-2)28-29-47(45)65-53(59)42-26-22-40(23-27-42)51(57)63-33-12-10-31-61-49(55)6-3/h5-6,16-19,28-29,34-36,39-42H,2-4,9-13,20-27,30-33H2,1H3. The first kappa shape index (κ1) is 49.4. The van der Waals surface area contributed by atoms with Crippen molar-refractivity contribution in [3.63, 3.8) is 0 Å². The molecule has 2 fully saturated rings. The molecule has 0 radical (unpaired) electrons. The third kappa shape index (κ3) is 16.1. The minimum Gasteiger partial charge on any atom is -0.465 e. The number of ether oxygens (including phenoxy) is 6. The van der Waals surface area contributed by atoms with Crippen LogP contribution in [0.3, 0.4) is 0 Å². The van der Waals surface area contributed by atoms with Crippen LogP contribution in [-0.2, 0) is 54.1 Å². The molecule has 12 heteroatoms. The van der Waals surface area contributed by atoms with Gasteiger partial charge in [0, 0.05) is 23.8 Å². The zero-order valence-corrected chi connectivity index (χ0v) is 37.2. The summed E-state index contributed by atoms with van der Waals surface area (Å²) in [6.07, 6.45) is 10.2. The summed E-state index contributed by atoms with van der Waals surface area (Å²) in [5.74, 6) is 8.31. The van der Waals surface area contributed by atoms with Crippen molar-refractivity contribution in [2.24, 2.45) is 23.7 Å². The highest BCUT2D eigenvalue weighted by Gasteiger charge is 2.33. The summed E-state index contributed by atoms with van der Waals surface area (Å²) < 4.78 is 32.5. The molecule has 342 valence electrons. The smallest absolute Gasteiger partial charge is 0.330 e. The maximum absolute atomic E-state index is 13.5. The summed E-state index contributed by atoms with van der Waals surface area (Å²) in [6, 6.07) is 17.1. The number of esters is 6. The molecule has 12 nitrogen and oxygen atoms in total. The topological polar surface area (TPSA) is 158 Å². The molecule has 2 aliphatic rings. The van der Waals surface area contributed by atoms with Gasteiger partial charge in [0.1, 0.15) is 11.5 Å². The van der Waals surface area contributed by atoms with Crippen LogP contribution < -0.4 is 9.47 Å². The van der Waals surface area contributed by atoms with Gasteiger partial charge in [-0.15, -0.1) is 0 Å². The fourth-order valence-electron chi connectivity index (χ4n) is 7.75. The van der Waals surface area contributed by atoms with E-state index < -0.39 is 35.7 Å². The van der Waals surface area contributed by atoms with E-state index in [-0.39, 0.29) is 61.7 Å². The van der Waals surface area contributed by atoms with Gasteiger partial charge in [0.05, 0.1) is 55.7 Å². The van der Waals surface area contributed by atoms with Gasteiger partial charge in [0.15, 0.2) is 0 Å². The molecule has 0 atom stereocenters. The van der Waals surface area contributed by atoms with Crippen LogP contribution in [-0.4, -0.2) is 62.2 Å². The Balaban J connectivity index is 1.18. The van der Waals surface area contributed by atoms with E-state index in [1.165, 1.54) is 5.56 Å². The van der Waals surface area contributed by atoms with Crippen LogP contribution in [0.4, 0.5) is 0 Å². The first-order valence-electron chi connectivity index (χ1n) is 22.6. The van der Waals surface area contributed by atoms with E-state index in [1.54, 1.807) is 18.2 Å². The van der Waals surface area contributed by atoms with Crippen molar-refractivity contribution in [2.45, 2.75) is 96.8 Å². The summed E-state index contributed by atoms with van der Waals surface area (Å²) in [7, 11) is 0. The second kappa shape index (κ2) is 26.2. The summed E-state index contributed by atoms with van der Waals surface area (Å²) in [6.45, 7) is 9.74. The highest BCUT2D eigenvalue weighted by Crippen LogP contribution is 2.34. The van der Waals surface area contributed by atoms with Gasteiger partial charge in [-0.05, 0) is 142 Å². The van der Waals surface area contributed by atoms with Crippen molar-refractivity contribution in [1.82, 2.24) is 0 Å². The molecule has 3 aromatic rings. The molecule has 0 aromatic heterocycles. The van der Waals surface area contributed by atoms with Gasteiger partial charge in [-0.3, -0.25) is 19.2 Å². The van der Waals surface area contributed by atoms with Crippen molar-refractivity contribution in [1.29, 1.82) is 0 Å². The SMILES string of the molecule is C=CC(=O)OCCCCOC(=O)C1CCC(C(=O)Oc2ccc(OC(=O)C3CCC(C(=O)OCCCCOC(=O)C=C)CC3)c(C#CC#Cc3ccc4cc(CCC)ccc4c3)c2)CC1. The summed E-state index contributed by atoms with van der Waals surface area (Å²) in [4.78, 5) is 74.6. The first-order valence-corrected chi connectivity index (χ1v) is 22.6. The lowest BCUT2D eigenvalue weighted by atomic mass is 9.82. The van der Waals surface area contributed by atoms with Crippen LogP contribution in [0, 0.1) is 47.4 Å². The van der Waals surface area contributed by atoms with Gasteiger partial charge in [0.25, 0.3) is 0 Å². The summed E-state index contributed by atoms with van der Waals surface area (Å²) in [5, 5.41) is 2.21. The van der Waals surface area contributed by atoms with E-state index in [0.29, 0.717) is 82.6 Å². The van der Waals surface area contributed by atoms with E-state index >= 15 is 0 Å². The van der Waals surface area contributed by atoms with Crippen molar-refractivity contribution >= 4 is 46.6 Å². The summed E-state index contributed by atoms with van der Waals surface area (Å²) >= 11 is 0. The number of carbonyl (C=O) groups is 6. The van der Waals surface area contributed by atoms with E-state index in [9.17, 15) is 28.8 Å². The summed E-state index contributed by atoms with van der Waals surface area (Å²) in [5.41, 5.74) is 2.39. The van der Waals surface area contributed by atoms with Gasteiger partial charge in [-0.25, -0.2) is 9.59 Å². The third-order valence-corrected chi connectivity index (χ3v) is 11.5. The molecule has 0 heterocycles. The van der Waals surface area contributed by atoms with Gasteiger partial charge in [-0.2, -0.15) is 0 Å². The Kier molecular flexibility index (Phi) is 19.9. The number of unbranched alkanes of at least 4 members (excludes halogenated alkanes) is 2. The maximum Gasteiger partial charge on any atom is 0.330 e. The van der Waals surface area contributed by atoms with Gasteiger partial charge < -0.3 is 28.4 Å². The van der Waals surface area contributed by atoms with Gasteiger partial charge in [0.2, 0.25) is 0 Å². The normalized spacial score (nSPS) is 17.7. The van der Waals surface area contributed by atoms with Crippen molar-refractivity contribution in [2.75, 3.05) is 26.4 Å². The minimum absolute atomic E-state index is 0.190. The van der Waals surface area contributed by atoms with Crippen LogP contribution in [0.1, 0.15) is 107 Å². The number of rotatable bonds is 20. The number of hydrogen-bond donors (Lipinski definition) is 0. The predicted molar refractivity (Wildman–Crippen MR) is 243 cm³/mol. The zero-order valence-electron chi connectivity index (χ0n) is 37.2. The lowest BCUT2D eigenvalue weighted by Gasteiger charge is -2.26. The lowest BCUT2D eigenvalue weighted by Crippen LogP contribution is -2.30. The van der Waals surface area contributed by atoms with Gasteiger partial charge >= 0.3 is 35.8 Å². The first-order chi connectivity index (χ1) is 31.6. The largest absolute Gasteiger partial charge is 0.465 e. The molecule has 0 bridgehead atoms. The van der Waals surface area contributed by atoms with E-state index in [0.717, 1.165) is 41.3 Å². The number of carbonyl (C=O) groups excluding carboxylic acids is 6. The van der Waals surface area contributed by atoms with E-state index in [1.807, 2.05) is 18.2 Å². The third-order valence-electron chi connectivity index (χ3n) is 11.5. The average Bonchev–Trinajstić information content (AvgIpc) is 3.32. The van der Waals surface area contributed by atoms with Crippen molar-refractivity contribution in [3.05, 3.63) is 96.6 Å². The Bertz CT molecular complexity index is 2300. The molecular formula is C53H58O12. The molecule has 0 unspecified atom stereocenters. The Morgan fingerprint density at radius 3 is 1.57 bits per heavy atom. The van der Waals surface area contributed by atoms with Crippen LogP contribution in [0.5, 0.6) is 11.5 Å². The minimum atomic E-state index is -0.493. The number of aryl methyl sites for hydroxylation is 1. The van der Waals surface area contributed by atoms with Crippen LogP contribution >= 0.6 is 0 Å². The Morgan fingerprint density at radius 1 is 0.554 bits per heavy atom. The monoisotopic (exact) mass is 886 g/mol. The molecule has 3 aromatic carbocycles. The molecule has 2 saturated carbocycles. The van der Waals surface area contributed by atoms with Gasteiger partial charge in [-0.1, -0.05) is 56.7 Å². The predicted octanol–water partition coefficient (Wildman–Crippen LogP) is 8.72. The van der Waals surface area contributed by atoms with Crippen LogP contribution in [0.2, 0.25) is 0 Å². The molecule has 0 spiro atoms. The second-order valence-electron chi connectivity index (χ2n) is 16.2. The fraction of sp³-hybridized carbons (Fsp3) is 0.434. The van der Waals surface area contributed by atoms with Crippen LogP contribution in [0.25, 0.3) is 10.8 Å². The second-order valence-corrected chi connectivity index (χ2v) is 16.2. The molecule has 0 amide bonds. The highest BCUT2D eigenvalue weighted by atomic mass is 16.6. The molecule has 65 heavy (non-hydrogen) atoms. The van der Waals surface area contributed by atoms with Crippen LogP contribution in [0.15, 0.2) is 79.9 Å². The maximum atomic E-state index is 13.5. The molecule has 0 N–H and O–H groups in total. The average molecular weight is 887 g/mol. The zero-order chi connectivity index (χ0) is 46.4. The number of fused-ring (bicyclic) bond motifs is 1. The Morgan fingerprint density at radius 2 is 1.03 bits per heavy atom. The number of benzene rings is 3. The quantitative estimate of drug-likeness (QED) is 0.0266. The molecule has 0 aliphatic heterocycles. The van der Waals surface area contributed by atoms with Crippen molar-refractivity contribution < 1.29 is 57.2 Å². The molecular weight excluding hydrogens is 829 g/mol. The molecule has 0 saturated heterocycles. The van der Waals surface area contributed by atoms with E-state index in [2.05, 4.69) is 62.0 Å². The number of hydrogen-bond acceptors (Lipinski definition) is 12. The van der Waals surface area contributed by atoms with Crippen molar-refractivity contribution in [3.8, 4) is 35.2 Å². The molecule has 2 aliphatic carbocycles. The van der Waals surface area contributed by atoms with E-state index in [4.69, 9.17) is 28.4 Å². The highest BCUT2D eigenvalue weighted by molar-refractivity contribution is 5.85. The lowest BCUT2D eigenvalue weighted by molar-refractivity contribution is -0.152.